The number of hydrogen-bond acceptors (Lipinski definition) is 16. The number of aliphatic hydroxyl groups is 4. The molecule has 0 amide bonds. The van der Waals surface area contributed by atoms with Gasteiger partial charge in [0.15, 0.2) is 24.7 Å². The van der Waals surface area contributed by atoms with Crippen LogP contribution in [0, 0.1) is 23.7 Å². The fourth-order valence-electron chi connectivity index (χ4n) is 8.44. The van der Waals surface area contributed by atoms with E-state index >= 15 is 0 Å². The molecule has 3 heterocycles. The Labute approximate surface area is 351 Å². The van der Waals surface area contributed by atoms with E-state index in [0.717, 1.165) is 5.57 Å². The predicted molar refractivity (Wildman–Crippen MR) is 217 cm³/mol. The van der Waals surface area contributed by atoms with Gasteiger partial charge in [0.25, 0.3) is 0 Å². The Morgan fingerprint density at radius 3 is 2.02 bits per heavy atom. The minimum atomic E-state index is -1.29. The van der Waals surface area contributed by atoms with Crippen molar-refractivity contribution < 1.29 is 72.6 Å². The van der Waals surface area contributed by atoms with Gasteiger partial charge in [-0.25, -0.2) is 0 Å². The van der Waals surface area contributed by atoms with Crippen LogP contribution in [0.3, 0.4) is 0 Å². The van der Waals surface area contributed by atoms with Gasteiger partial charge >= 0.3 is 5.97 Å². The highest BCUT2D eigenvalue weighted by molar-refractivity contribution is 5.91. The van der Waals surface area contributed by atoms with Crippen LogP contribution in [0.25, 0.3) is 0 Å². The summed E-state index contributed by atoms with van der Waals surface area (Å²) in [6.07, 6.45) is -6.05. The zero-order valence-electron chi connectivity index (χ0n) is 37.3. The number of ketones is 1. The van der Waals surface area contributed by atoms with Gasteiger partial charge in [-0.2, -0.15) is 0 Å². The van der Waals surface area contributed by atoms with Gasteiger partial charge in [0.05, 0.1) is 49.6 Å². The van der Waals surface area contributed by atoms with Gasteiger partial charge in [0.1, 0.15) is 30.5 Å². The van der Waals surface area contributed by atoms with E-state index in [2.05, 4.69) is 0 Å². The monoisotopic (exact) mass is 846 g/mol. The summed E-state index contributed by atoms with van der Waals surface area (Å²) >= 11 is 0. The molecule has 59 heavy (non-hydrogen) atoms. The predicted octanol–water partition coefficient (Wildman–Crippen LogP) is 2.76. The SMILES string of the molecule is CCOC(C[C@H]1C[C@@H](C)C(=O)C=CC(C)=C[C@H](COC2O[C@H](C)[C@@H](O)[C@@H](OC)[C@H]2OC)[C@@H](CC)OC(=O)C[C@@H](O)[C@H](C)[C@H]1O[C@@H]1O[C@H](C)[C@@H](O)[C@H](N(C)C)[C@H]1O)OCC. The second kappa shape index (κ2) is 24.7. The van der Waals surface area contributed by atoms with Crippen molar-refractivity contribution in [1.82, 2.24) is 4.90 Å². The van der Waals surface area contributed by atoms with Crippen molar-refractivity contribution in [2.45, 2.75) is 167 Å². The van der Waals surface area contributed by atoms with Gasteiger partial charge in [-0.3, -0.25) is 9.59 Å². The van der Waals surface area contributed by atoms with E-state index in [1.54, 1.807) is 45.8 Å². The first-order chi connectivity index (χ1) is 27.9. The first kappa shape index (κ1) is 51.5. The molecule has 0 radical (unpaired) electrons. The van der Waals surface area contributed by atoms with E-state index in [1.807, 2.05) is 40.7 Å². The normalized spacial score (nSPS) is 39.7. The highest BCUT2D eigenvalue weighted by atomic mass is 16.7. The summed E-state index contributed by atoms with van der Waals surface area (Å²) in [7, 11) is 6.44. The maximum atomic E-state index is 13.9. The minimum Gasteiger partial charge on any atom is -0.462 e. The van der Waals surface area contributed by atoms with Crippen LogP contribution in [0.15, 0.2) is 23.8 Å². The number of rotatable bonds is 15. The third-order valence-electron chi connectivity index (χ3n) is 11.9. The molecule has 0 bridgehead atoms. The number of cyclic esters (lactones) is 1. The zero-order chi connectivity index (χ0) is 44.1. The molecule has 16 nitrogen and oxygen atoms in total. The molecule has 0 aliphatic carbocycles. The highest BCUT2D eigenvalue weighted by Crippen LogP contribution is 2.36. The molecule has 1 unspecified atom stereocenters. The molecule has 2 saturated heterocycles. The van der Waals surface area contributed by atoms with Gasteiger partial charge in [0.2, 0.25) is 0 Å². The van der Waals surface area contributed by atoms with E-state index in [1.165, 1.54) is 20.3 Å². The number of carbonyl (C=O) groups is 2. The number of methoxy groups -OCH3 is 2. The van der Waals surface area contributed by atoms with E-state index in [0.29, 0.717) is 19.6 Å². The van der Waals surface area contributed by atoms with Crippen LogP contribution in [0.5, 0.6) is 0 Å². The molecule has 17 atom stereocenters. The topological polar surface area (TPSA) is 201 Å². The summed E-state index contributed by atoms with van der Waals surface area (Å²) in [5.74, 6) is -3.11. The molecular weight excluding hydrogens is 770 g/mol. The summed E-state index contributed by atoms with van der Waals surface area (Å²) in [6.45, 7) is 15.2. The van der Waals surface area contributed by atoms with Crippen LogP contribution in [-0.2, 0) is 52.2 Å². The molecule has 3 aliphatic heterocycles. The molecular formula is C43H75NO15. The Balaban J connectivity index is 2.05. The van der Waals surface area contributed by atoms with Crippen LogP contribution in [-0.4, -0.2) is 171 Å². The first-order valence-corrected chi connectivity index (χ1v) is 21.3. The average Bonchev–Trinajstić information content (AvgIpc) is 3.18. The molecule has 0 aromatic rings. The van der Waals surface area contributed by atoms with E-state index < -0.39 is 116 Å². The summed E-state index contributed by atoms with van der Waals surface area (Å²) in [5, 5.41) is 45.0. The maximum absolute atomic E-state index is 13.9. The number of aliphatic hydroxyl groups excluding tert-OH is 4. The van der Waals surface area contributed by atoms with E-state index in [9.17, 15) is 30.0 Å². The number of hydrogen-bond donors (Lipinski definition) is 4. The molecule has 0 spiro atoms. The summed E-state index contributed by atoms with van der Waals surface area (Å²) in [5.41, 5.74) is 0.724. The lowest BCUT2D eigenvalue weighted by molar-refractivity contribution is -0.306. The highest BCUT2D eigenvalue weighted by Gasteiger charge is 2.48. The lowest BCUT2D eigenvalue weighted by atomic mass is 9.79. The molecule has 3 rings (SSSR count). The first-order valence-electron chi connectivity index (χ1n) is 21.3. The molecule has 4 N–H and O–H groups in total. The number of ether oxygens (including phenoxy) is 9. The fraction of sp³-hybridized carbons (Fsp3) is 0.860. The van der Waals surface area contributed by atoms with E-state index in [-0.39, 0.29) is 31.7 Å². The summed E-state index contributed by atoms with van der Waals surface area (Å²) in [6, 6.07) is -0.727. The fourth-order valence-corrected chi connectivity index (χ4v) is 8.44. The van der Waals surface area contributed by atoms with Crippen LogP contribution < -0.4 is 0 Å². The number of carbonyl (C=O) groups excluding carboxylic acids is 2. The van der Waals surface area contributed by atoms with Gasteiger partial charge in [-0.1, -0.05) is 38.5 Å². The maximum Gasteiger partial charge on any atom is 0.308 e. The lowest BCUT2D eigenvalue weighted by Gasteiger charge is -2.47. The van der Waals surface area contributed by atoms with E-state index in [4.69, 9.17) is 42.6 Å². The van der Waals surface area contributed by atoms with Gasteiger partial charge < -0.3 is 68.0 Å². The van der Waals surface area contributed by atoms with Gasteiger partial charge in [-0.05, 0) is 73.5 Å². The molecule has 2 fully saturated rings. The van der Waals surface area contributed by atoms with Crippen LogP contribution in [0.4, 0.5) is 0 Å². The lowest BCUT2D eigenvalue weighted by Crippen LogP contribution is -2.63. The van der Waals surface area contributed by atoms with Gasteiger partial charge in [-0.15, -0.1) is 0 Å². The Morgan fingerprint density at radius 2 is 1.44 bits per heavy atom. The largest absolute Gasteiger partial charge is 0.462 e. The summed E-state index contributed by atoms with van der Waals surface area (Å²) in [4.78, 5) is 29.4. The standard InChI is InChI=1S/C43H75NO15/c1-13-32-29(22-55-43-41(52-12)40(51-11)37(49)27(8)57-43)18-23(4)16-17-30(45)24(5)19-28(20-34(53-14-2)54-15-3)39(25(6)31(46)21-33(47)58-32)59-42-38(50)35(44(9)10)36(48)26(7)56-42/h16-18,24-29,31-32,34-43,46,48-50H,13-15,19-22H2,1-12H3/t24-,25+,26-,27-,28-,29-,31-,32-,35+,36-,37-,38-,39-,40-,41-,42+,43?/m1/s1. The molecule has 342 valence electrons. The quantitative estimate of drug-likeness (QED) is 0.138. The zero-order valence-corrected chi connectivity index (χ0v) is 37.3. The van der Waals surface area contributed by atoms with Crippen LogP contribution >= 0.6 is 0 Å². The van der Waals surface area contributed by atoms with Crippen molar-refractivity contribution in [3.05, 3.63) is 23.8 Å². The molecule has 3 aliphatic rings. The number of likely N-dealkylation sites (N-methyl/N-ethyl adjacent to an activating group) is 1. The van der Waals surface area contributed by atoms with Crippen molar-refractivity contribution >= 4 is 11.8 Å². The average molecular weight is 846 g/mol. The third-order valence-corrected chi connectivity index (χ3v) is 11.9. The van der Waals surface area contributed by atoms with Crippen molar-refractivity contribution in [3.8, 4) is 0 Å². The van der Waals surface area contributed by atoms with Crippen molar-refractivity contribution in [2.75, 3.05) is 48.1 Å². The Hall–Kier alpha value is -1.90. The third kappa shape index (κ3) is 14.1. The smallest absolute Gasteiger partial charge is 0.308 e. The second-order valence-corrected chi connectivity index (χ2v) is 16.5. The Bertz CT molecular complexity index is 1330. The van der Waals surface area contributed by atoms with Crippen molar-refractivity contribution in [2.24, 2.45) is 23.7 Å². The van der Waals surface area contributed by atoms with Crippen LogP contribution in [0.1, 0.15) is 81.1 Å². The Kier molecular flexibility index (Phi) is 21.5. The second-order valence-electron chi connectivity index (χ2n) is 16.5. The molecule has 0 saturated carbocycles. The molecule has 0 aromatic heterocycles. The number of allylic oxidation sites excluding steroid dienone is 3. The Morgan fingerprint density at radius 1 is 0.831 bits per heavy atom. The minimum absolute atomic E-state index is 0.0211. The molecule has 16 heteroatoms. The van der Waals surface area contributed by atoms with Crippen molar-refractivity contribution in [3.63, 3.8) is 0 Å². The molecule has 0 aromatic carbocycles. The number of esters is 1. The summed E-state index contributed by atoms with van der Waals surface area (Å²) < 4.78 is 54.2. The number of nitrogens with zero attached hydrogens (tertiary/aromatic N) is 1. The van der Waals surface area contributed by atoms with Crippen LogP contribution in [0.2, 0.25) is 0 Å². The van der Waals surface area contributed by atoms with Crippen molar-refractivity contribution in [1.29, 1.82) is 0 Å². The van der Waals surface area contributed by atoms with Gasteiger partial charge in [0, 0.05) is 51.6 Å².